The van der Waals surface area contributed by atoms with E-state index >= 15 is 0 Å². The topological polar surface area (TPSA) is 26.3 Å². The van der Waals surface area contributed by atoms with Gasteiger partial charge < -0.3 is 4.74 Å². The molecular formula is C29H22F4O2. The Kier molecular flexibility index (Phi) is 7.01. The van der Waals surface area contributed by atoms with Crippen molar-refractivity contribution >= 4 is 5.97 Å². The molecule has 0 aliphatic heterocycles. The molecule has 0 saturated heterocycles. The highest BCUT2D eigenvalue weighted by Crippen LogP contribution is 2.30. The summed E-state index contributed by atoms with van der Waals surface area (Å²) in [6.07, 6.45) is 1.86. The first-order valence-electron chi connectivity index (χ1n) is 11.1. The van der Waals surface area contributed by atoms with Gasteiger partial charge in [0.05, 0.1) is 5.56 Å². The highest BCUT2D eigenvalue weighted by Gasteiger charge is 2.21. The first kappa shape index (κ1) is 24.2. The highest BCUT2D eigenvalue weighted by molar-refractivity contribution is 5.92. The van der Waals surface area contributed by atoms with Crippen LogP contribution in [0.1, 0.15) is 34.8 Å². The van der Waals surface area contributed by atoms with Crippen molar-refractivity contribution in [3.63, 3.8) is 0 Å². The number of carbonyl (C=O) groups is 1. The number of hydrogen-bond acceptors (Lipinski definition) is 2. The molecule has 0 amide bonds. The molecule has 0 unspecified atom stereocenters. The van der Waals surface area contributed by atoms with Gasteiger partial charge in [0, 0.05) is 11.1 Å². The average Bonchev–Trinajstić information content (AvgIpc) is 2.86. The maximum absolute atomic E-state index is 14.8. The molecule has 178 valence electrons. The third-order valence-electron chi connectivity index (χ3n) is 5.76. The molecule has 35 heavy (non-hydrogen) atoms. The molecule has 0 fully saturated rings. The minimum absolute atomic E-state index is 0.0406. The van der Waals surface area contributed by atoms with Crippen LogP contribution in [0.15, 0.2) is 72.8 Å². The van der Waals surface area contributed by atoms with Gasteiger partial charge in [0.25, 0.3) is 0 Å². The van der Waals surface area contributed by atoms with Crippen LogP contribution >= 0.6 is 0 Å². The first-order valence-corrected chi connectivity index (χ1v) is 11.1. The molecule has 2 nitrogen and oxygen atoms in total. The lowest BCUT2D eigenvalue weighted by atomic mass is 10.00. The normalized spacial score (nSPS) is 10.9. The van der Waals surface area contributed by atoms with Crippen LogP contribution in [0.2, 0.25) is 0 Å². The van der Waals surface area contributed by atoms with Crippen LogP contribution in [0.3, 0.4) is 0 Å². The Morgan fingerprint density at radius 2 is 1.23 bits per heavy atom. The van der Waals surface area contributed by atoms with E-state index in [2.05, 4.69) is 6.92 Å². The molecule has 0 saturated carbocycles. The van der Waals surface area contributed by atoms with Crippen LogP contribution in [-0.4, -0.2) is 5.97 Å². The van der Waals surface area contributed by atoms with E-state index in [0.717, 1.165) is 18.4 Å². The summed E-state index contributed by atoms with van der Waals surface area (Å²) in [5, 5.41) is 0. The average molecular weight is 478 g/mol. The third kappa shape index (κ3) is 4.97. The van der Waals surface area contributed by atoms with E-state index in [1.165, 1.54) is 55.5 Å². The molecule has 4 aromatic rings. The van der Waals surface area contributed by atoms with Gasteiger partial charge in [-0.25, -0.2) is 22.4 Å². The number of ether oxygens (including phenoxy) is 1. The van der Waals surface area contributed by atoms with Crippen molar-refractivity contribution in [2.24, 2.45) is 0 Å². The fourth-order valence-electron chi connectivity index (χ4n) is 3.80. The van der Waals surface area contributed by atoms with Gasteiger partial charge in [0.15, 0.2) is 23.3 Å². The van der Waals surface area contributed by atoms with Crippen LogP contribution in [-0.2, 0) is 6.42 Å². The molecule has 0 aromatic heterocycles. The zero-order valence-corrected chi connectivity index (χ0v) is 19.2. The summed E-state index contributed by atoms with van der Waals surface area (Å²) in [4.78, 5) is 12.5. The lowest BCUT2D eigenvalue weighted by Gasteiger charge is -2.10. The van der Waals surface area contributed by atoms with Gasteiger partial charge >= 0.3 is 5.97 Å². The number of benzene rings is 4. The molecule has 4 aromatic carbocycles. The van der Waals surface area contributed by atoms with Crippen LogP contribution in [0.4, 0.5) is 17.6 Å². The summed E-state index contributed by atoms with van der Waals surface area (Å²) in [5.41, 5.74) is 1.69. The van der Waals surface area contributed by atoms with Crippen LogP contribution in [0.5, 0.6) is 5.75 Å². The maximum Gasteiger partial charge on any atom is 0.346 e. The number of rotatable bonds is 6. The molecule has 0 spiro atoms. The second-order valence-corrected chi connectivity index (χ2v) is 8.21. The van der Waals surface area contributed by atoms with Gasteiger partial charge in [-0.3, -0.25) is 0 Å². The van der Waals surface area contributed by atoms with Crippen molar-refractivity contribution in [1.29, 1.82) is 0 Å². The monoisotopic (exact) mass is 478 g/mol. The van der Waals surface area contributed by atoms with Crippen molar-refractivity contribution in [3.8, 4) is 28.0 Å². The first-order chi connectivity index (χ1) is 16.8. The highest BCUT2D eigenvalue weighted by atomic mass is 19.2. The number of esters is 1. The number of carbonyl (C=O) groups excluding carboxylic acids is 1. The van der Waals surface area contributed by atoms with Crippen LogP contribution < -0.4 is 4.74 Å². The minimum atomic E-state index is -1.31. The standard InChI is InChI=1S/C29H22F4O2/c1-3-4-18-6-8-19(9-7-18)23-15-16-24(28(33)27(23)32)29(34)35-21-12-10-20(11-13-21)22-14-5-17(2)25(30)26(22)31/h5-16H,3-4H2,1-2H3. The Morgan fingerprint density at radius 3 is 1.83 bits per heavy atom. The van der Waals surface area contributed by atoms with Crippen molar-refractivity contribution < 1.29 is 27.1 Å². The summed E-state index contributed by atoms with van der Waals surface area (Å²) < 4.78 is 62.8. The van der Waals surface area contributed by atoms with Crippen molar-refractivity contribution in [2.45, 2.75) is 26.7 Å². The summed E-state index contributed by atoms with van der Waals surface area (Å²) in [6, 6.07) is 18.2. The molecule has 4 rings (SSSR count). The predicted octanol–water partition coefficient (Wildman–Crippen LogP) is 8.06. The minimum Gasteiger partial charge on any atom is -0.423 e. The molecule has 6 heteroatoms. The molecule has 0 atom stereocenters. The van der Waals surface area contributed by atoms with Crippen molar-refractivity contribution in [1.82, 2.24) is 0 Å². The smallest absolute Gasteiger partial charge is 0.346 e. The maximum atomic E-state index is 14.8. The lowest BCUT2D eigenvalue weighted by Crippen LogP contribution is -2.12. The number of hydrogen-bond donors (Lipinski definition) is 0. The van der Waals surface area contributed by atoms with Gasteiger partial charge in [-0.15, -0.1) is 0 Å². The van der Waals surface area contributed by atoms with E-state index in [0.29, 0.717) is 11.1 Å². The van der Waals surface area contributed by atoms with E-state index in [-0.39, 0.29) is 22.4 Å². The molecule has 0 bridgehead atoms. The number of halogens is 4. The third-order valence-corrected chi connectivity index (χ3v) is 5.76. The molecule has 0 aliphatic carbocycles. The molecule has 0 aliphatic rings. The van der Waals surface area contributed by atoms with Gasteiger partial charge in [0.1, 0.15) is 5.75 Å². The second kappa shape index (κ2) is 10.1. The zero-order chi connectivity index (χ0) is 25.1. The van der Waals surface area contributed by atoms with Crippen molar-refractivity contribution in [2.75, 3.05) is 0 Å². The van der Waals surface area contributed by atoms with Gasteiger partial charge in [-0.1, -0.05) is 67.9 Å². The van der Waals surface area contributed by atoms with Gasteiger partial charge in [-0.05, 0) is 53.8 Å². The SMILES string of the molecule is CCCc1ccc(-c2ccc(C(=O)Oc3ccc(-c4ccc(C)c(F)c4F)cc3)c(F)c2F)cc1. The Bertz CT molecular complexity index is 1380. The van der Waals surface area contributed by atoms with Gasteiger partial charge in [0.2, 0.25) is 0 Å². The quantitative estimate of drug-likeness (QED) is 0.159. The second-order valence-electron chi connectivity index (χ2n) is 8.21. The Morgan fingerprint density at radius 1 is 0.686 bits per heavy atom. The van der Waals surface area contributed by atoms with Crippen LogP contribution in [0, 0.1) is 30.2 Å². The number of aryl methyl sites for hydroxylation is 2. The summed E-state index contributed by atoms with van der Waals surface area (Å²) in [5.74, 6) is -5.40. The van der Waals surface area contributed by atoms with Gasteiger partial charge in [-0.2, -0.15) is 0 Å². The Balaban J connectivity index is 1.53. The Labute approximate surface area is 200 Å². The van der Waals surface area contributed by atoms with E-state index in [4.69, 9.17) is 4.74 Å². The fraction of sp³-hybridized carbons (Fsp3) is 0.138. The molecule has 0 N–H and O–H groups in total. The van der Waals surface area contributed by atoms with E-state index in [1.54, 1.807) is 12.1 Å². The molecular weight excluding hydrogens is 456 g/mol. The summed E-state index contributed by atoms with van der Waals surface area (Å²) in [6.45, 7) is 3.52. The summed E-state index contributed by atoms with van der Waals surface area (Å²) in [7, 11) is 0. The predicted molar refractivity (Wildman–Crippen MR) is 127 cm³/mol. The van der Waals surface area contributed by atoms with E-state index in [9.17, 15) is 22.4 Å². The van der Waals surface area contributed by atoms with E-state index in [1.807, 2.05) is 12.1 Å². The lowest BCUT2D eigenvalue weighted by molar-refractivity contribution is 0.0728. The zero-order valence-electron chi connectivity index (χ0n) is 19.2. The summed E-state index contributed by atoms with van der Waals surface area (Å²) >= 11 is 0. The molecule has 0 heterocycles. The largest absolute Gasteiger partial charge is 0.423 e. The van der Waals surface area contributed by atoms with Crippen molar-refractivity contribution in [3.05, 3.63) is 113 Å². The van der Waals surface area contributed by atoms with E-state index < -0.39 is 34.8 Å². The Hall–Kier alpha value is -3.93. The van der Waals surface area contributed by atoms with Crippen LogP contribution in [0.25, 0.3) is 22.3 Å². The molecule has 0 radical (unpaired) electrons. The fourth-order valence-corrected chi connectivity index (χ4v) is 3.80.